The zero-order valence-corrected chi connectivity index (χ0v) is 12.2. The van der Waals surface area contributed by atoms with Gasteiger partial charge in [-0.25, -0.2) is 4.79 Å². The molecule has 0 heterocycles. The lowest BCUT2D eigenvalue weighted by atomic mass is 10.1. The van der Waals surface area contributed by atoms with Gasteiger partial charge in [-0.2, -0.15) is 13.2 Å². The molecular formula is C14H19F3N2O3. The zero-order valence-electron chi connectivity index (χ0n) is 12.2. The molecule has 0 radical (unpaired) electrons. The van der Waals surface area contributed by atoms with Crippen LogP contribution in [0, 0.1) is 0 Å². The number of ether oxygens (including phenoxy) is 1. The van der Waals surface area contributed by atoms with E-state index in [1.807, 2.05) is 0 Å². The average Bonchev–Trinajstić information content (AvgIpc) is 2.44. The molecule has 0 aromatic heterocycles. The van der Waals surface area contributed by atoms with Crippen LogP contribution in [0.3, 0.4) is 0 Å². The second-order valence-electron chi connectivity index (χ2n) is 4.58. The Morgan fingerprint density at radius 1 is 1.32 bits per heavy atom. The SMILES string of the molecule is COCCN(CCO)C(=O)Nc1ccccc1CC(F)(F)F. The van der Waals surface area contributed by atoms with Crippen LogP contribution in [0.5, 0.6) is 0 Å². The number of anilines is 1. The van der Waals surface area contributed by atoms with Crippen LogP contribution in [0.15, 0.2) is 24.3 Å². The predicted molar refractivity (Wildman–Crippen MR) is 75.8 cm³/mol. The van der Waals surface area contributed by atoms with E-state index in [1.54, 1.807) is 6.07 Å². The maximum atomic E-state index is 12.5. The number of rotatable bonds is 7. The van der Waals surface area contributed by atoms with E-state index in [1.165, 1.54) is 30.2 Å². The van der Waals surface area contributed by atoms with E-state index >= 15 is 0 Å². The third-order valence-electron chi connectivity index (χ3n) is 2.87. The minimum atomic E-state index is -4.36. The summed E-state index contributed by atoms with van der Waals surface area (Å²) in [7, 11) is 1.47. The van der Waals surface area contributed by atoms with Crippen molar-refractivity contribution in [1.29, 1.82) is 0 Å². The van der Waals surface area contributed by atoms with E-state index in [-0.39, 0.29) is 37.6 Å². The molecule has 0 aliphatic heterocycles. The molecule has 0 fully saturated rings. The van der Waals surface area contributed by atoms with Gasteiger partial charge in [0.05, 0.1) is 19.6 Å². The Morgan fingerprint density at radius 3 is 2.59 bits per heavy atom. The van der Waals surface area contributed by atoms with Gasteiger partial charge in [0.25, 0.3) is 0 Å². The molecule has 0 bridgehead atoms. The summed E-state index contributed by atoms with van der Waals surface area (Å²) in [5, 5.41) is 11.4. The number of carbonyl (C=O) groups excluding carboxylic acids is 1. The van der Waals surface area contributed by atoms with Crippen LogP contribution in [0.25, 0.3) is 0 Å². The number of amides is 2. The van der Waals surface area contributed by atoms with Crippen LogP contribution in [0.2, 0.25) is 0 Å². The number of aliphatic hydroxyl groups excluding tert-OH is 1. The normalized spacial score (nSPS) is 11.3. The summed E-state index contributed by atoms with van der Waals surface area (Å²) in [4.78, 5) is 13.4. The highest BCUT2D eigenvalue weighted by molar-refractivity contribution is 5.90. The zero-order chi connectivity index (χ0) is 16.6. The van der Waals surface area contributed by atoms with Gasteiger partial charge in [0.1, 0.15) is 0 Å². The minimum absolute atomic E-state index is 0.0148. The van der Waals surface area contributed by atoms with Crippen molar-refractivity contribution in [2.75, 3.05) is 38.7 Å². The van der Waals surface area contributed by atoms with Gasteiger partial charge < -0.3 is 20.1 Å². The van der Waals surface area contributed by atoms with E-state index in [9.17, 15) is 18.0 Å². The van der Waals surface area contributed by atoms with E-state index in [4.69, 9.17) is 9.84 Å². The first-order valence-electron chi connectivity index (χ1n) is 6.67. The minimum Gasteiger partial charge on any atom is -0.395 e. The van der Waals surface area contributed by atoms with Gasteiger partial charge in [0.15, 0.2) is 0 Å². The maximum Gasteiger partial charge on any atom is 0.393 e. The first-order chi connectivity index (χ1) is 10.4. The standard InChI is InChI=1S/C14H19F3N2O3/c1-22-9-7-19(6-8-20)13(21)18-12-5-3-2-4-11(12)10-14(15,16)17/h2-5,20H,6-10H2,1H3,(H,18,21). The van der Waals surface area contributed by atoms with Crippen molar-refractivity contribution in [3.05, 3.63) is 29.8 Å². The Balaban J connectivity index is 2.81. The number of halogens is 3. The topological polar surface area (TPSA) is 61.8 Å². The molecule has 0 aliphatic carbocycles. The van der Waals surface area contributed by atoms with Crippen molar-refractivity contribution in [3.8, 4) is 0 Å². The molecule has 0 aliphatic rings. The maximum absolute atomic E-state index is 12.5. The first kappa shape index (κ1) is 18.2. The largest absolute Gasteiger partial charge is 0.395 e. The molecule has 2 N–H and O–H groups in total. The number of carbonyl (C=O) groups is 1. The Hall–Kier alpha value is -1.80. The number of methoxy groups -OCH3 is 1. The summed E-state index contributed by atoms with van der Waals surface area (Å²) < 4.78 is 42.5. The second kappa shape index (κ2) is 8.60. The van der Waals surface area contributed by atoms with Gasteiger partial charge in [0.2, 0.25) is 0 Å². The summed E-state index contributed by atoms with van der Waals surface area (Å²) in [5.41, 5.74) is 0.0872. The van der Waals surface area contributed by atoms with Crippen molar-refractivity contribution in [2.45, 2.75) is 12.6 Å². The molecule has 1 aromatic carbocycles. The van der Waals surface area contributed by atoms with Gasteiger partial charge in [-0.1, -0.05) is 18.2 Å². The quantitative estimate of drug-likeness (QED) is 0.810. The Bertz CT molecular complexity index is 481. The monoisotopic (exact) mass is 320 g/mol. The fraction of sp³-hybridized carbons (Fsp3) is 0.500. The summed E-state index contributed by atoms with van der Waals surface area (Å²) in [5.74, 6) is 0. The first-order valence-corrected chi connectivity index (χ1v) is 6.67. The number of hydrogen-bond donors (Lipinski definition) is 2. The number of aliphatic hydroxyl groups is 1. The van der Waals surface area contributed by atoms with Gasteiger partial charge in [-0.05, 0) is 11.6 Å². The van der Waals surface area contributed by atoms with Crippen molar-refractivity contribution in [1.82, 2.24) is 4.90 Å². The highest BCUT2D eigenvalue weighted by atomic mass is 19.4. The van der Waals surface area contributed by atoms with Crippen LogP contribution in [-0.2, 0) is 11.2 Å². The van der Waals surface area contributed by atoms with Crippen LogP contribution in [-0.4, -0.2) is 55.6 Å². The van der Waals surface area contributed by atoms with Crippen LogP contribution in [0.1, 0.15) is 5.56 Å². The van der Waals surface area contributed by atoms with E-state index < -0.39 is 18.6 Å². The van der Waals surface area contributed by atoms with Crippen molar-refractivity contribution < 1.29 is 27.8 Å². The number of benzene rings is 1. The second-order valence-corrected chi connectivity index (χ2v) is 4.58. The van der Waals surface area contributed by atoms with Crippen molar-refractivity contribution >= 4 is 11.7 Å². The molecule has 22 heavy (non-hydrogen) atoms. The number of nitrogens with one attached hydrogen (secondary N) is 1. The van der Waals surface area contributed by atoms with Crippen molar-refractivity contribution in [2.24, 2.45) is 0 Å². The number of nitrogens with zero attached hydrogens (tertiary/aromatic N) is 1. The molecule has 1 aromatic rings. The molecule has 5 nitrogen and oxygen atoms in total. The summed E-state index contributed by atoms with van der Waals surface area (Å²) in [6.07, 6.45) is -5.48. The predicted octanol–water partition coefficient (Wildman–Crippen LogP) is 2.26. The third kappa shape index (κ3) is 6.31. The molecule has 0 saturated carbocycles. The number of urea groups is 1. The number of alkyl halides is 3. The van der Waals surface area contributed by atoms with Gasteiger partial charge in [0, 0.05) is 25.9 Å². The summed E-state index contributed by atoms with van der Waals surface area (Å²) in [6, 6.07) is 5.16. The lowest BCUT2D eigenvalue weighted by molar-refractivity contribution is -0.127. The Kier molecular flexibility index (Phi) is 7.13. The molecule has 124 valence electrons. The molecule has 0 unspecified atom stereocenters. The fourth-order valence-electron chi connectivity index (χ4n) is 1.84. The molecule has 0 saturated heterocycles. The van der Waals surface area contributed by atoms with Gasteiger partial charge in [-0.15, -0.1) is 0 Å². The number of hydrogen-bond acceptors (Lipinski definition) is 3. The van der Waals surface area contributed by atoms with Crippen LogP contribution in [0.4, 0.5) is 23.7 Å². The highest BCUT2D eigenvalue weighted by Crippen LogP contribution is 2.26. The highest BCUT2D eigenvalue weighted by Gasteiger charge is 2.29. The van der Waals surface area contributed by atoms with Crippen LogP contribution >= 0.6 is 0 Å². The number of para-hydroxylation sites is 1. The Morgan fingerprint density at radius 2 is 2.00 bits per heavy atom. The summed E-state index contributed by atoms with van der Waals surface area (Å²) >= 11 is 0. The Labute approximate surface area is 126 Å². The fourth-order valence-corrected chi connectivity index (χ4v) is 1.84. The molecule has 2 amide bonds. The van der Waals surface area contributed by atoms with E-state index in [0.717, 1.165) is 0 Å². The smallest absolute Gasteiger partial charge is 0.393 e. The van der Waals surface area contributed by atoms with Gasteiger partial charge in [-0.3, -0.25) is 0 Å². The summed E-state index contributed by atoms with van der Waals surface area (Å²) in [6.45, 7) is 0.305. The van der Waals surface area contributed by atoms with E-state index in [0.29, 0.717) is 0 Å². The third-order valence-corrected chi connectivity index (χ3v) is 2.87. The molecule has 1 rings (SSSR count). The lowest BCUT2D eigenvalue weighted by Crippen LogP contribution is -2.39. The average molecular weight is 320 g/mol. The van der Waals surface area contributed by atoms with E-state index in [2.05, 4.69) is 5.32 Å². The molecule has 0 atom stereocenters. The van der Waals surface area contributed by atoms with Crippen molar-refractivity contribution in [3.63, 3.8) is 0 Å². The molecule has 0 spiro atoms. The van der Waals surface area contributed by atoms with Gasteiger partial charge >= 0.3 is 12.2 Å². The lowest BCUT2D eigenvalue weighted by Gasteiger charge is -2.22. The molecule has 8 heteroatoms. The van der Waals surface area contributed by atoms with Crippen LogP contribution < -0.4 is 5.32 Å². The molecular weight excluding hydrogens is 301 g/mol.